The first-order chi connectivity index (χ1) is 5.36. The molecule has 58 valence electrons. The third kappa shape index (κ3) is 1.41. The number of pyridine rings is 1. The Kier molecular flexibility index (Phi) is 1.86. The Morgan fingerprint density at radius 1 is 1.55 bits per heavy atom. The molecule has 0 aromatic carbocycles. The molecule has 1 aromatic rings. The third-order valence-corrected chi connectivity index (χ3v) is 2.60. The summed E-state index contributed by atoms with van der Waals surface area (Å²) in [7, 11) is 0. The molecule has 0 aliphatic heterocycles. The minimum atomic E-state index is 0.548. The van der Waals surface area contributed by atoms with E-state index in [0.29, 0.717) is 5.25 Å². The van der Waals surface area contributed by atoms with Crippen LogP contribution in [0.5, 0.6) is 0 Å². The molecule has 1 aromatic heterocycles. The number of thiol groups is 1. The largest absolute Gasteiger partial charge is 0.261 e. The van der Waals surface area contributed by atoms with Crippen molar-refractivity contribution in [3.63, 3.8) is 0 Å². The number of hydrogen-bond acceptors (Lipinski definition) is 2. The molecule has 0 fully saturated rings. The van der Waals surface area contributed by atoms with E-state index in [9.17, 15) is 0 Å². The molecule has 2 heteroatoms. The van der Waals surface area contributed by atoms with Crippen LogP contribution in [0.4, 0.5) is 0 Å². The molecule has 1 aliphatic rings. The normalized spacial score (nSPS) is 22.8. The van der Waals surface area contributed by atoms with Gasteiger partial charge in [-0.3, -0.25) is 4.98 Å². The Morgan fingerprint density at radius 3 is 3.36 bits per heavy atom. The molecule has 0 bridgehead atoms. The molecule has 1 nitrogen and oxygen atoms in total. The van der Waals surface area contributed by atoms with Crippen molar-refractivity contribution in [3.8, 4) is 0 Å². The van der Waals surface area contributed by atoms with Gasteiger partial charge >= 0.3 is 0 Å². The summed E-state index contributed by atoms with van der Waals surface area (Å²) in [5, 5.41) is 0.548. The van der Waals surface area contributed by atoms with Gasteiger partial charge in [-0.2, -0.15) is 12.6 Å². The Bertz CT molecular complexity index is 259. The zero-order valence-electron chi connectivity index (χ0n) is 6.33. The second kappa shape index (κ2) is 2.86. The number of fused-ring (bicyclic) bond motifs is 1. The molecule has 1 heterocycles. The van der Waals surface area contributed by atoms with Gasteiger partial charge in [0, 0.05) is 17.1 Å². The van der Waals surface area contributed by atoms with E-state index in [2.05, 4.69) is 23.7 Å². The first kappa shape index (κ1) is 7.17. The lowest BCUT2D eigenvalue weighted by molar-refractivity contribution is 0.687. The topological polar surface area (TPSA) is 12.9 Å². The van der Waals surface area contributed by atoms with Crippen molar-refractivity contribution in [2.45, 2.75) is 24.5 Å². The maximum atomic E-state index is 4.46. The van der Waals surface area contributed by atoms with Gasteiger partial charge in [-0.1, -0.05) is 6.07 Å². The molecule has 0 spiro atoms. The van der Waals surface area contributed by atoms with E-state index in [1.165, 1.54) is 17.7 Å². The predicted octanol–water partition coefficient (Wildman–Crippen LogP) is 1.87. The summed E-state index contributed by atoms with van der Waals surface area (Å²) in [6.07, 6.45) is 5.24. The first-order valence-corrected chi connectivity index (χ1v) is 4.49. The van der Waals surface area contributed by atoms with Gasteiger partial charge in [0.1, 0.15) is 0 Å². The van der Waals surface area contributed by atoms with Crippen LogP contribution in [0.2, 0.25) is 0 Å². The Morgan fingerprint density at radius 2 is 2.45 bits per heavy atom. The minimum Gasteiger partial charge on any atom is -0.261 e. The fraction of sp³-hybridized carbons (Fsp3) is 0.444. The average molecular weight is 165 g/mol. The molecular weight excluding hydrogens is 154 g/mol. The monoisotopic (exact) mass is 165 g/mol. The van der Waals surface area contributed by atoms with Gasteiger partial charge in [-0.25, -0.2) is 0 Å². The van der Waals surface area contributed by atoms with Gasteiger partial charge in [0.2, 0.25) is 0 Å². The minimum absolute atomic E-state index is 0.548. The van der Waals surface area contributed by atoms with Crippen LogP contribution in [0.3, 0.4) is 0 Å². The maximum Gasteiger partial charge on any atom is 0.0436 e. The van der Waals surface area contributed by atoms with Crippen LogP contribution in [0, 0.1) is 0 Å². The quantitative estimate of drug-likeness (QED) is 0.579. The van der Waals surface area contributed by atoms with Crippen molar-refractivity contribution in [1.29, 1.82) is 0 Å². The zero-order valence-corrected chi connectivity index (χ0v) is 7.22. The molecule has 1 atom stereocenters. The van der Waals surface area contributed by atoms with Crippen molar-refractivity contribution in [2.24, 2.45) is 0 Å². The van der Waals surface area contributed by atoms with E-state index in [0.717, 1.165) is 12.8 Å². The van der Waals surface area contributed by atoms with E-state index in [1.807, 2.05) is 12.3 Å². The van der Waals surface area contributed by atoms with Crippen molar-refractivity contribution in [1.82, 2.24) is 4.98 Å². The van der Waals surface area contributed by atoms with Crippen LogP contribution in [0.25, 0.3) is 0 Å². The van der Waals surface area contributed by atoms with Crippen LogP contribution >= 0.6 is 12.6 Å². The van der Waals surface area contributed by atoms with Gasteiger partial charge in [-0.15, -0.1) is 0 Å². The van der Waals surface area contributed by atoms with Crippen LogP contribution in [-0.4, -0.2) is 10.2 Å². The third-order valence-electron chi connectivity index (χ3n) is 2.15. The summed E-state index contributed by atoms with van der Waals surface area (Å²) in [5.41, 5.74) is 2.66. The summed E-state index contributed by atoms with van der Waals surface area (Å²) >= 11 is 4.46. The maximum absolute atomic E-state index is 4.46. The average Bonchev–Trinajstić information content (AvgIpc) is 2.04. The van der Waals surface area contributed by atoms with E-state index in [-0.39, 0.29) is 0 Å². The van der Waals surface area contributed by atoms with Crippen LogP contribution < -0.4 is 0 Å². The van der Waals surface area contributed by atoms with Crippen LogP contribution in [0.15, 0.2) is 18.3 Å². The zero-order chi connectivity index (χ0) is 7.68. The molecule has 0 saturated carbocycles. The molecule has 11 heavy (non-hydrogen) atoms. The van der Waals surface area contributed by atoms with Gasteiger partial charge in [0.05, 0.1) is 0 Å². The lowest BCUT2D eigenvalue weighted by atomic mass is 9.96. The summed E-state index contributed by atoms with van der Waals surface area (Å²) in [6, 6.07) is 4.16. The molecule has 0 radical (unpaired) electrons. The second-order valence-corrected chi connectivity index (χ2v) is 3.74. The summed E-state index contributed by atoms with van der Waals surface area (Å²) < 4.78 is 0. The Balaban J connectivity index is 2.34. The van der Waals surface area contributed by atoms with Crippen molar-refractivity contribution < 1.29 is 0 Å². The number of nitrogens with zero attached hydrogens (tertiary/aromatic N) is 1. The van der Waals surface area contributed by atoms with E-state index >= 15 is 0 Å². The molecular formula is C9H11NS. The highest BCUT2D eigenvalue weighted by atomic mass is 32.1. The van der Waals surface area contributed by atoms with Crippen LogP contribution in [-0.2, 0) is 12.8 Å². The van der Waals surface area contributed by atoms with Gasteiger partial charge in [0.15, 0.2) is 0 Å². The Labute approximate surface area is 72.3 Å². The number of hydrogen-bond donors (Lipinski definition) is 1. The predicted molar refractivity (Wildman–Crippen MR) is 49.0 cm³/mol. The molecule has 0 N–H and O–H groups in total. The lowest BCUT2D eigenvalue weighted by Gasteiger charge is -2.18. The first-order valence-electron chi connectivity index (χ1n) is 3.97. The van der Waals surface area contributed by atoms with E-state index in [4.69, 9.17) is 0 Å². The van der Waals surface area contributed by atoms with E-state index in [1.54, 1.807) is 0 Å². The smallest absolute Gasteiger partial charge is 0.0436 e. The summed E-state index contributed by atoms with van der Waals surface area (Å²) in [5.74, 6) is 0. The second-order valence-electron chi connectivity index (χ2n) is 3.01. The fourth-order valence-electron chi connectivity index (χ4n) is 1.54. The number of aromatic nitrogens is 1. The number of aryl methyl sites for hydroxylation is 1. The highest BCUT2D eigenvalue weighted by Crippen LogP contribution is 2.21. The van der Waals surface area contributed by atoms with Gasteiger partial charge in [-0.05, 0) is 30.9 Å². The number of rotatable bonds is 0. The molecule has 2 rings (SSSR count). The summed E-state index contributed by atoms with van der Waals surface area (Å²) in [6.45, 7) is 0. The van der Waals surface area contributed by atoms with Crippen molar-refractivity contribution >= 4 is 12.6 Å². The molecule has 0 amide bonds. The Hall–Kier alpha value is -0.500. The highest BCUT2D eigenvalue weighted by Gasteiger charge is 2.15. The highest BCUT2D eigenvalue weighted by molar-refractivity contribution is 7.80. The summed E-state index contributed by atoms with van der Waals surface area (Å²) in [4.78, 5) is 4.32. The van der Waals surface area contributed by atoms with Crippen molar-refractivity contribution in [3.05, 3.63) is 29.6 Å². The molecule has 0 saturated heterocycles. The van der Waals surface area contributed by atoms with Gasteiger partial charge in [0.25, 0.3) is 0 Å². The standard InChI is InChI=1S/C9H11NS/c11-8-3-4-9-7(6-8)2-1-5-10-9/h1-2,5,8,11H,3-4,6H2. The van der Waals surface area contributed by atoms with Crippen LogP contribution in [0.1, 0.15) is 17.7 Å². The lowest BCUT2D eigenvalue weighted by Crippen LogP contribution is -2.14. The van der Waals surface area contributed by atoms with E-state index < -0.39 is 0 Å². The van der Waals surface area contributed by atoms with Crippen molar-refractivity contribution in [2.75, 3.05) is 0 Å². The fourth-order valence-corrected chi connectivity index (χ4v) is 1.87. The molecule has 1 unspecified atom stereocenters. The van der Waals surface area contributed by atoms with Gasteiger partial charge < -0.3 is 0 Å². The SMILES string of the molecule is SC1CCc2ncccc2C1. The molecule has 1 aliphatic carbocycles.